The van der Waals surface area contributed by atoms with E-state index < -0.39 is 12.1 Å². The van der Waals surface area contributed by atoms with Crippen LogP contribution in [0.2, 0.25) is 0 Å². The van der Waals surface area contributed by atoms with Crippen LogP contribution in [0, 0.1) is 29.6 Å². The van der Waals surface area contributed by atoms with Crippen molar-refractivity contribution in [1.29, 1.82) is 0 Å². The molecule has 2 fully saturated rings. The van der Waals surface area contributed by atoms with Gasteiger partial charge in [0.05, 0.1) is 5.92 Å². The van der Waals surface area contributed by atoms with E-state index in [0.29, 0.717) is 24.7 Å². The molecule has 3 N–H and O–H groups in total. The maximum atomic E-state index is 13.3. The van der Waals surface area contributed by atoms with Crippen LogP contribution in [0.3, 0.4) is 0 Å². The molecule has 0 radical (unpaired) electrons. The highest BCUT2D eigenvalue weighted by atomic mass is 19.4. The van der Waals surface area contributed by atoms with Crippen molar-refractivity contribution in [3.05, 3.63) is 0 Å². The quantitative estimate of drug-likeness (QED) is 0.604. The van der Waals surface area contributed by atoms with Crippen LogP contribution in [0.4, 0.5) is 13.2 Å². The van der Waals surface area contributed by atoms with Crippen LogP contribution in [-0.4, -0.2) is 12.2 Å². The molecule has 0 aromatic rings. The summed E-state index contributed by atoms with van der Waals surface area (Å²) >= 11 is 0. The van der Waals surface area contributed by atoms with E-state index in [1.54, 1.807) is 0 Å². The summed E-state index contributed by atoms with van der Waals surface area (Å²) in [7, 11) is 0. The second-order valence-corrected chi connectivity index (χ2v) is 7.32. The molecule has 2 saturated carbocycles. The normalized spacial score (nSPS) is 40.0. The molecule has 0 heterocycles. The lowest BCUT2D eigenvalue weighted by atomic mass is 9.66. The first kappa shape index (κ1) is 17.1. The summed E-state index contributed by atoms with van der Waals surface area (Å²) in [4.78, 5) is 0. The third-order valence-electron chi connectivity index (χ3n) is 6.04. The van der Waals surface area contributed by atoms with Gasteiger partial charge in [-0.15, -0.1) is 0 Å². The number of halogens is 3. The second kappa shape index (κ2) is 6.86. The Hall–Kier alpha value is -0.290. The Morgan fingerprint density at radius 2 is 1.67 bits per heavy atom. The van der Waals surface area contributed by atoms with Gasteiger partial charge < -0.3 is 0 Å². The number of alkyl halides is 3. The molecule has 0 aromatic heterocycles. The molecule has 2 rings (SSSR count). The van der Waals surface area contributed by atoms with Crippen LogP contribution < -0.4 is 11.3 Å². The number of nitrogens with one attached hydrogen (secondary N) is 1. The zero-order chi connectivity index (χ0) is 15.6. The summed E-state index contributed by atoms with van der Waals surface area (Å²) in [6.45, 7) is 4.46. The number of nitrogens with two attached hydrogens (primary N) is 1. The Morgan fingerprint density at radius 1 is 1.00 bits per heavy atom. The van der Waals surface area contributed by atoms with Gasteiger partial charge in [0.15, 0.2) is 0 Å². The largest absolute Gasteiger partial charge is 0.392 e. The number of hydrazine groups is 1. The van der Waals surface area contributed by atoms with E-state index in [1.165, 1.54) is 0 Å². The van der Waals surface area contributed by atoms with Crippen molar-refractivity contribution >= 4 is 0 Å². The summed E-state index contributed by atoms with van der Waals surface area (Å²) < 4.78 is 40.0. The zero-order valence-electron chi connectivity index (χ0n) is 13.1. The van der Waals surface area contributed by atoms with Crippen molar-refractivity contribution < 1.29 is 13.2 Å². The van der Waals surface area contributed by atoms with E-state index in [2.05, 4.69) is 19.3 Å². The van der Waals surface area contributed by atoms with Crippen LogP contribution in [0.1, 0.15) is 58.8 Å². The summed E-state index contributed by atoms with van der Waals surface area (Å²) in [6, 6.07) is -0.188. The maximum Gasteiger partial charge on any atom is 0.392 e. The average molecular weight is 306 g/mol. The molecule has 2 aliphatic carbocycles. The van der Waals surface area contributed by atoms with E-state index in [9.17, 15) is 13.2 Å². The lowest BCUT2D eigenvalue weighted by Crippen LogP contribution is -2.52. The summed E-state index contributed by atoms with van der Waals surface area (Å²) in [5, 5.41) is 0. The van der Waals surface area contributed by atoms with Crippen LogP contribution in [0.15, 0.2) is 0 Å². The van der Waals surface area contributed by atoms with Crippen molar-refractivity contribution in [2.24, 2.45) is 35.4 Å². The molecule has 2 aliphatic rings. The number of hydrogen-bond donors (Lipinski definition) is 2. The van der Waals surface area contributed by atoms with Gasteiger partial charge in [-0.05, 0) is 49.4 Å². The number of hydrogen-bond acceptors (Lipinski definition) is 2. The Morgan fingerprint density at radius 3 is 2.24 bits per heavy atom. The molecular formula is C16H29F3N2. The van der Waals surface area contributed by atoms with Gasteiger partial charge in [-0.25, -0.2) is 0 Å². The molecule has 0 amide bonds. The van der Waals surface area contributed by atoms with Gasteiger partial charge in [-0.1, -0.05) is 33.1 Å². The smallest absolute Gasteiger partial charge is 0.271 e. The van der Waals surface area contributed by atoms with Crippen molar-refractivity contribution in [3.63, 3.8) is 0 Å². The Balaban J connectivity index is 2.11. The third kappa shape index (κ3) is 3.92. The summed E-state index contributed by atoms with van der Waals surface area (Å²) in [6.07, 6.45) is 1.52. The predicted molar refractivity (Wildman–Crippen MR) is 78.3 cm³/mol. The van der Waals surface area contributed by atoms with E-state index >= 15 is 0 Å². The summed E-state index contributed by atoms with van der Waals surface area (Å²) in [5.74, 6) is 5.70. The molecule has 6 atom stereocenters. The van der Waals surface area contributed by atoms with Crippen LogP contribution in [0.5, 0.6) is 0 Å². The molecule has 6 unspecified atom stereocenters. The molecule has 0 bridgehead atoms. The second-order valence-electron chi connectivity index (χ2n) is 7.32. The standard InChI is InChI=1S/C16H29F3N2/c1-10-7-8-12(9-11(10)2)15(21-20)13-5-3-4-6-14(13)16(17,18)19/h10-15,21H,3-9,20H2,1-2H3. The van der Waals surface area contributed by atoms with E-state index in [0.717, 1.165) is 25.7 Å². The van der Waals surface area contributed by atoms with Gasteiger partial charge in [-0.3, -0.25) is 11.3 Å². The Kier molecular flexibility index (Phi) is 5.58. The lowest BCUT2D eigenvalue weighted by molar-refractivity contribution is -0.201. The minimum atomic E-state index is -4.09. The van der Waals surface area contributed by atoms with Crippen molar-refractivity contribution in [2.45, 2.75) is 71.0 Å². The van der Waals surface area contributed by atoms with Crippen LogP contribution in [-0.2, 0) is 0 Å². The average Bonchev–Trinajstić information content (AvgIpc) is 2.43. The van der Waals surface area contributed by atoms with Gasteiger partial charge in [0.2, 0.25) is 0 Å². The fraction of sp³-hybridized carbons (Fsp3) is 1.00. The van der Waals surface area contributed by atoms with E-state index in [4.69, 9.17) is 5.84 Å². The topological polar surface area (TPSA) is 38.0 Å². The summed E-state index contributed by atoms with van der Waals surface area (Å²) in [5.41, 5.74) is 2.78. The first-order valence-corrected chi connectivity index (χ1v) is 8.37. The van der Waals surface area contributed by atoms with Crippen LogP contribution in [0.25, 0.3) is 0 Å². The Bertz CT molecular complexity index is 332. The van der Waals surface area contributed by atoms with Gasteiger partial charge in [-0.2, -0.15) is 13.2 Å². The van der Waals surface area contributed by atoms with Gasteiger partial charge in [0.1, 0.15) is 0 Å². The molecule has 21 heavy (non-hydrogen) atoms. The molecule has 0 aromatic carbocycles. The predicted octanol–water partition coefficient (Wildman–Crippen LogP) is 4.26. The van der Waals surface area contributed by atoms with Crippen molar-refractivity contribution in [3.8, 4) is 0 Å². The van der Waals surface area contributed by atoms with Gasteiger partial charge in [0, 0.05) is 6.04 Å². The minimum Gasteiger partial charge on any atom is -0.271 e. The molecule has 2 nitrogen and oxygen atoms in total. The number of rotatable bonds is 3. The Labute approximate surface area is 126 Å². The fourth-order valence-electron chi connectivity index (χ4n) is 4.52. The molecule has 124 valence electrons. The highest BCUT2D eigenvalue weighted by Crippen LogP contribution is 2.46. The van der Waals surface area contributed by atoms with Crippen LogP contribution >= 0.6 is 0 Å². The monoisotopic (exact) mass is 306 g/mol. The molecule has 0 spiro atoms. The highest BCUT2D eigenvalue weighted by molar-refractivity contribution is 4.93. The van der Waals surface area contributed by atoms with E-state index in [1.807, 2.05) is 0 Å². The maximum absolute atomic E-state index is 13.3. The lowest BCUT2D eigenvalue weighted by Gasteiger charge is -2.44. The van der Waals surface area contributed by atoms with E-state index in [-0.39, 0.29) is 24.3 Å². The minimum absolute atomic E-state index is 0.188. The molecule has 5 heteroatoms. The van der Waals surface area contributed by atoms with Gasteiger partial charge >= 0.3 is 6.18 Å². The van der Waals surface area contributed by atoms with Gasteiger partial charge in [0.25, 0.3) is 0 Å². The first-order chi connectivity index (χ1) is 9.84. The highest BCUT2D eigenvalue weighted by Gasteiger charge is 2.49. The molecular weight excluding hydrogens is 277 g/mol. The SMILES string of the molecule is CC1CCC(C(NN)C2CCCCC2C(F)(F)F)CC1C. The zero-order valence-corrected chi connectivity index (χ0v) is 13.1. The third-order valence-corrected chi connectivity index (χ3v) is 6.04. The molecule has 0 saturated heterocycles. The fourth-order valence-corrected chi connectivity index (χ4v) is 4.52. The van der Waals surface area contributed by atoms with Crippen molar-refractivity contribution in [1.82, 2.24) is 5.43 Å². The molecule has 0 aliphatic heterocycles. The van der Waals surface area contributed by atoms with Crippen molar-refractivity contribution in [2.75, 3.05) is 0 Å². The first-order valence-electron chi connectivity index (χ1n) is 8.37.